The summed E-state index contributed by atoms with van der Waals surface area (Å²) in [5.41, 5.74) is 5.67. The molecule has 0 spiro atoms. The van der Waals surface area contributed by atoms with E-state index in [-0.39, 0.29) is 29.9 Å². The molecule has 1 aliphatic heterocycles. The van der Waals surface area contributed by atoms with E-state index in [1.807, 2.05) is 0 Å². The molecule has 0 bridgehead atoms. The molecule has 1 aromatic rings. The van der Waals surface area contributed by atoms with Crippen LogP contribution < -0.4 is 16.0 Å². The summed E-state index contributed by atoms with van der Waals surface area (Å²) in [5.74, 6) is -1.14. The van der Waals surface area contributed by atoms with Gasteiger partial charge in [0.1, 0.15) is 11.9 Å². The molecule has 110 valence electrons. The Labute approximate surface area is 122 Å². The molecule has 1 saturated heterocycles. The number of rotatable bonds is 3. The van der Waals surface area contributed by atoms with Gasteiger partial charge in [0.25, 0.3) is 0 Å². The fourth-order valence-corrected chi connectivity index (χ4v) is 2.03. The molecule has 1 fully saturated rings. The molecule has 1 unspecified atom stereocenters. The van der Waals surface area contributed by atoms with Crippen LogP contribution in [0.25, 0.3) is 0 Å². The third kappa shape index (κ3) is 3.26. The first kappa shape index (κ1) is 16.4. The van der Waals surface area contributed by atoms with Crippen LogP contribution in [0.2, 0.25) is 0 Å². The Hall–Kier alpha value is -1.66. The van der Waals surface area contributed by atoms with Gasteiger partial charge in [-0.2, -0.15) is 0 Å². The highest BCUT2D eigenvalue weighted by Crippen LogP contribution is 2.24. The first-order chi connectivity index (χ1) is 9.00. The Morgan fingerprint density at radius 1 is 1.50 bits per heavy atom. The Kier molecular flexibility index (Phi) is 5.47. The van der Waals surface area contributed by atoms with Gasteiger partial charge in [0.15, 0.2) is 0 Å². The van der Waals surface area contributed by atoms with E-state index in [4.69, 9.17) is 5.73 Å². The number of nitrogens with one attached hydrogen (secondary N) is 1. The summed E-state index contributed by atoms with van der Waals surface area (Å²) in [4.78, 5) is 24.9. The van der Waals surface area contributed by atoms with Crippen LogP contribution in [0, 0.1) is 5.82 Å². The van der Waals surface area contributed by atoms with E-state index in [2.05, 4.69) is 5.32 Å². The fourth-order valence-electron chi connectivity index (χ4n) is 2.03. The van der Waals surface area contributed by atoms with Crippen molar-refractivity contribution in [2.75, 3.05) is 11.4 Å². The average molecular weight is 302 g/mol. The average Bonchev–Trinajstić information content (AvgIpc) is 2.72. The SMILES string of the molecule is C[C@@H](N)C(=O)NC1CCN(c2ccccc2F)C1=O.Cl. The number of para-hydroxylation sites is 1. The van der Waals surface area contributed by atoms with Gasteiger partial charge in [-0.15, -0.1) is 12.4 Å². The number of anilines is 1. The lowest BCUT2D eigenvalue weighted by Gasteiger charge is -2.18. The second kappa shape index (κ2) is 6.67. The van der Waals surface area contributed by atoms with Crippen molar-refractivity contribution in [1.29, 1.82) is 0 Å². The van der Waals surface area contributed by atoms with Crippen LogP contribution in [0.1, 0.15) is 13.3 Å². The molecule has 0 aliphatic carbocycles. The van der Waals surface area contributed by atoms with Gasteiger partial charge in [-0.3, -0.25) is 9.59 Å². The summed E-state index contributed by atoms with van der Waals surface area (Å²) in [6.45, 7) is 1.92. The van der Waals surface area contributed by atoms with Gasteiger partial charge in [-0.1, -0.05) is 12.1 Å². The van der Waals surface area contributed by atoms with Crippen LogP contribution in [0.3, 0.4) is 0 Å². The molecule has 1 aromatic carbocycles. The topological polar surface area (TPSA) is 75.4 Å². The van der Waals surface area contributed by atoms with E-state index in [0.29, 0.717) is 13.0 Å². The maximum Gasteiger partial charge on any atom is 0.249 e. The normalized spacial score (nSPS) is 19.4. The molecule has 2 atom stereocenters. The maximum atomic E-state index is 13.6. The van der Waals surface area contributed by atoms with Gasteiger partial charge in [-0.25, -0.2) is 4.39 Å². The highest BCUT2D eigenvalue weighted by atomic mass is 35.5. The van der Waals surface area contributed by atoms with Gasteiger partial charge >= 0.3 is 0 Å². The number of carbonyl (C=O) groups is 2. The third-order valence-corrected chi connectivity index (χ3v) is 3.08. The molecule has 7 heteroatoms. The molecule has 2 rings (SSSR count). The zero-order chi connectivity index (χ0) is 14.0. The molecular formula is C13H17ClFN3O2. The van der Waals surface area contributed by atoms with E-state index >= 15 is 0 Å². The van der Waals surface area contributed by atoms with Gasteiger partial charge in [0.2, 0.25) is 11.8 Å². The lowest BCUT2D eigenvalue weighted by molar-refractivity contribution is -0.127. The number of benzene rings is 1. The van der Waals surface area contributed by atoms with E-state index < -0.39 is 17.9 Å². The quantitative estimate of drug-likeness (QED) is 0.868. The summed E-state index contributed by atoms with van der Waals surface area (Å²) >= 11 is 0. The van der Waals surface area contributed by atoms with Crippen molar-refractivity contribution in [1.82, 2.24) is 5.32 Å². The predicted molar refractivity (Wildman–Crippen MR) is 76.2 cm³/mol. The number of halogens is 2. The molecule has 5 nitrogen and oxygen atoms in total. The van der Waals surface area contributed by atoms with Crippen molar-refractivity contribution in [2.45, 2.75) is 25.4 Å². The minimum atomic E-state index is -0.671. The van der Waals surface area contributed by atoms with Gasteiger partial charge in [-0.05, 0) is 25.5 Å². The molecule has 1 aliphatic rings. The first-order valence-electron chi connectivity index (χ1n) is 6.12. The number of nitrogens with zero attached hydrogens (tertiary/aromatic N) is 1. The van der Waals surface area contributed by atoms with E-state index in [0.717, 1.165) is 0 Å². The van der Waals surface area contributed by atoms with Crippen molar-refractivity contribution in [3.63, 3.8) is 0 Å². The van der Waals surface area contributed by atoms with Crippen LogP contribution in [0.15, 0.2) is 24.3 Å². The van der Waals surface area contributed by atoms with E-state index in [1.165, 1.54) is 11.0 Å². The molecule has 0 radical (unpaired) electrons. The Morgan fingerprint density at radius 2 is 2.15 bits per heavy atom. The van der Waals surface area contributed by atoms with E-state index in [1.54, 1.807) is 25.1 Å². The minimum absolute atomic E-state index is 0. The molecular weight excluding hydrogens is 285 g/mol. The Balaban J connectivity index is 0.00000200. The lowest BCUT2D eigenvalue weighted by atomic mass is 10.2. The number of hydrogen-bond acceptors (Lipinski definition) is 3. The first-order valence-corrected chi connectivity index (χ1v) is 6.12. The van der Waals surface area contributed by atoms with Crippen LogP contribution in [0.4, 0.5) is 10.1 Å². The van der Waals surface area contributed by atoms with Crippen molar-refractivity contribution < 1.29 is 14.0 Å². The van der Waals surface area contributed by atoms with Crippen LogP contribution >= 0.6 is 12.4 Å². The monoisotopic (exact) mass is 301 g/mol. The zero-order valence-corrected chi connectivity index (χ0v) is 11.8. The second-order valence-electron chi connectivity index (χ2n) is 4.58. The fraction of sp³-hybridized carbons (Fsp3) is 0.385. The standard InChI is InChI=1S/C13H16FN3O2.ClH/c1-8(15)12(18)16-10-6-7-17(13(10)19)11-5-3-2-4-9(11)14;/h2-5,8,10H,6-7,15H2,1H3,(H,16,18);1H/t8-,10?;/m1./s1. The summed E-state index contributed by atoms with van der Waals surface area (Å²) in [6.07, 6.45) is 0.450. The summed E-state index contributed by atoms with van der Waals surface area (Å²) < 4.78 is 13.6. The van der Waals surface area contributed by atoms with Crippen molar-refractivity contribution in [2.24, 2.45) is 5.73 Å². The maximum absolute atomic E-state index is 13.6. The minimum Gasteiger partial charge on any atom is -0.343 e. The molecule has 0 saturated carbocycles. The molecule has 2 amide bonds. The Bertz CT molecular complexity index is 510. The highest BCUT2D eigenvalue weighted by molar-refractivity contribution is 6.01. The number of carbonyl (C=O) groups excluding carboxylic acids is 2. The largest absolute Gasteiger partial charge is 0.343 e. The van der Waals surface area contributed by atoms with E-state index in [9.17, 15) is 14.0 Å². The number of nitrogens with two attached hydrogens (primary N) is 1. The van der Waals surface area contributed by atoms with Gasteiger partial charge in [0, 0.05) is 6.54 Å². The van der Waals surface area contributed by atoms with Crippen molar-refractivity contribution >= 4 is 29.9 Å². The van der Waals surface area contributed by atoms with Crippen molar-refractivity contribution in [3.05, 3.63) is 30.1 Å². The molecule has 0 aromatic heterocycles. The Morgan fingerprint density at radius 3 is 2.75 bits per heavy atom. The molecule has 1 heterocycles. The van der Waals surface area contributed by atoms with Crippen molar-refractivity contribution in [3.8, 4) is 0 Å². The highest BCUT2D eigenvalue weighted by Gasteiger charge is 2.34. The summed E-state index contributed by atoms with van der Waals surface area (Å²) in [7, 11) is 0. The number of hydrogen-bond donors (Lipinski definition) is 2. The van der Waals surface area contributed by atoms with Crippen LogP contribution in [-0.2, 0) is 9.59 Å². The van der Waals surface area contributed by atoms with Crippen LogP contribution in [-0.4, -0.2) is 30.4 Å². The predicted octanol–water partition coefficient (Wildman–Crippen LogP) is 0.816. The van der Waals surface area contributed by atoms with Gasteiger partial charge in [0.05, 0.1) is 11.7 Å². The zero-order valence-electron chi connectivity index (χ0n) is 11.0. The summed E-state index contributed by atoms with van der Waals surface area (Å²) in [6, 6.07) is 4.78. The second-order valence-corrected chi connectivity index (χ2v) is 4.58. The molecule has 3 N–H and O–H groups in total. The third-order valence-electron chi connectivity index (χ3n) is 3.08. The smallest absolute Gasteiger partial charge is 0.249 e. The molecule has 20 heavy (non-hydrogen) atoms. The number of amides is 2. The van der Waals surface area contributed by atoms with Crippen LogP contribution in [0.5, 0.6) is 0 Å². The summed E-state index contributed by atoms with van der Waals surface area (Å²) in [5, 5.41) is 2.57. The lowest BCUT2D eigenvalue weighted by Crippen LogP contribution is -2.47. The van der Waals surface area contributed by atoms with Gasteiger partial charge < -0.3 is 16.0 Å².